The van der Waals surface area contributed by atoms with Crippen LogP contribution in [0.4, 0.5) is 10.1 Å². The summed E-state index contributed by atoms with van der Waals surface area (Å²) in [5.41, 5.74) is 0.156. The molecule has 1 unspecified atom stereocenters. The second-order valence-electron chi connectivity index (χ2n) is 10.6. The Morgan fingerprint density at radius 2 is 1.60 bits per heavy atom. The van der Waals surface area contributed by atoms with Crippen LogP contribution in [0.15, 0.2) is 65.6 Å². The quantitative estimate of drug-likeness (QED) is 0.269. The number of methoxy groups -OCH3 is 3. The summed E-state index contributed by atoms with van der Waals surface area (Å²) in [4.78, 5) is 28.6. The molecular weight excluding hydrogens is 625 g/mol. The number of ether oxygens (including phenoxy) is 3. The fraction of sp³-hybridized carbons (Fsp3) is 0.375. The highest BCUT2D eigenvalue weighted by Gasteiger charge is 2.35. The molecule has 13 heteroatoms. The predicted octanol–water partition coefficient (Wildman–Crippen LogP) is 5.18. The molecule has 3 aromatic carbocycles. The van der Waals surface area contributed by atoms with Crippen molar-refractivity contribution < 1.29 is 36.6 Å². The molecule has 1 fully saturated rings. The molecule has 4 rings (SSSR count). The molecule has 1 N–H and O–H groups in total. The number of benzene rings is 3. The van der Waals surface area contributed by atoms with E-state index in [1.54, 1.807) is 6.07 Å². The van der Waals surface area contributed by atoms with E-state index in [4.69, 9.17) is 25.8 Å². The van der Waals surface area contributed by atoms with Crippen LogP contribution < -0.4 is 23.8 Å². The summed E-state index contributed by atoms with van der Waals surface area (Å²) in [7, 11) is -0.354. The summed E-state index contributed by atoms with van der Waals surface area (Å²) in [5, 5.41) is 3.18. The van der Waals surface area contributed by atoms with Gasteiger partial charge in [-0.05, 0) is 56.2 Å². The zero-order valence-electron chi connectivity index (χ0n) is 25.6. The van der Waals surface area contributed by atoms with Gasteiger partial charge in [-0.2, -0.15) is 0 Å². The van der Waals surface area contributed by atoms with Crippen molar-refractivity contribution in [1.82, 2.24) is 10.2 Å². The van der Waals surface area contributed by atoms with Crippen molar-refractivity contribution in [1.29, 1.82) is 0 Å². The molecule has 0 aromatic heterocycles. The lowest BCUT2D eigenvalue weighted by molar-refractivity contribution is -0.139. The Morgan fingerprint density at radius 3 is 2.24 bits per heavy atom. The van der Waals surface area contributed by atoms with Gasteiger partial charge in [0, 0.05) is 29.2 Å². The van der Waals surface area contributed by atoms with Gasteiger partial charge in [0.05, 0.1) is 31.9 Å². The van der Waals surface area contributed by atoms with Gasteiger partial charge in [0.25, 0.3) is 10.0 Å². The Labute approximate surface area is 268 Å². The lowest BCUT2D eigenvalue weighted by atomic mass is 10.1. The third-order valence-corrected chi connectivity index (χ3v) is 9.79. The van der Waals surface area contributed by atoms with Crippen molar-refractivity contribution in [3.05, 3.63) is 77.1 Å². The average Bonchev–Trinajstić information content (AvgIpc) is 3.55. The zero-order chi connectivity index (χ0) is 32.7. The van der Waals surface area contributed by atoms with Crippen LogP contribution in [0.2, 0.25) is 5.02 Å². The van der Waals surface area contributed by atoms with Gasteiger partial charge in [-0.3, -0.25) is 13.9 Å². The Bertz CT molecular complexity index is 1630. The van der Waals surface area contributed by atoms with E-state index in [0.29, 0.717) is 5.75 Å². The summed E-state index contributed by atoms with van der Waals surface area (Å²) >= 11 is 6.29. The van der Waals surface area contributed by atoms with E-state index in [2.05, 4.69) is 5.32 Å². The summed E-state index contributed by atoms with van der Waals surface area (Å²) < 4.78 is 60.3. The fourth-order valence-corrected chi connectivity index (χ4v) is 6.86. The van der Waals surface area contributed by atoms with Gasteiger partial charge < -0.3 is 24.4 Å². The minimum Gasteiger partial charge on any atom is -0.495 e. The number of carbonyl (C=O) groups excluding carboxylic acids is 2. The molecule has 0 saturated heterocycles. The van der Waals surface area contributed by atoms with Crippen molar-refractivity contribution in [2.45, 2.75) is 56.1 Å². The van der Waals surface area contributed by atoms with Gasteiger partial charge in [-0.1, -0.05) is 42.6 Å². The topological polar surface area (TPSA) is 114 Å². The predicted molar refractivity (Wildman–Crippen MR) is 169 cm³/mol. The van der Waals surface area contributed by atoms with Crippen molar-refractivity contribution in [2.24, 2.45) is 0 Å². The highest BCUT2D eigenvalue weighted by molar-refractivity contribution is 7.92. The smallest absolute Gasteiger partial charge is 0.265 e. The number of hydrogen-bond donors (Lipinski definition) is 1. The first-order chi connectivity index (χ1) is 21.5. The Morgan fingerprint density at radius 1 is 0.956 bits per heavy atom. The first-order valence-electron chi connectivity index (χ1n) is 14.4. The molecular formula is C32H37ClFN3O7S. The SMILES string of the molecule is COc1ccc(S(=O)(=O)N(CC(=O)N(Cc2ccccc2F)C(C)C(=O)NC2CCCC2)c2cc(Cl)ccc2OC)cc1OC. The molecule has 242 valence electrons. The molecule has 2 amide bonds. The normalized spacial score (nSPS) is 14.0. The zero-order valence-corrected chi connectivity index (χ0v) is 27.2. The van der Waals surface area contributed by atoms with Gasteiger partial charge in [0.2, 0.25) is 11.8 Å². The maximum atomic E-state index is 14.8. The summed E-state index contributed by atoms with van der Waals surface area (Å²) in [6, 6.07) is 13.2. The summed E-state index contributed by atoms with van der Waals surface area (Å²) in [6.45, 7) is 0.501. The first-order valence-corrected chi connectivity index (χ1v) is 16.2. The van der Waals surface area contributed by atoms with Crippen LogP contribution in [0.5, 0.6) is 17.2 Å². The molecule has 0 bridgehead atoms. The number of sulfonamides is 1. The molecule has 0 radical (unpaired) electrons. The third-order valence-electron chi connectivity index (χ3n) is 7.80. The van der Waals surface area contributed by atoms with Crippen LogP contribution >= 0.6 is 11.6 Å². The number of hydrogen-bond acceptors (Lipinski definition) is 7. The molecule has 3 aromatic rings. The summed E-state index contributed by atoms with van der Waals surface area (Å²) in [6.07, 6.45) is 3.63. The monoisotopic (exact) mass is 661 g/mol. The standard InChI is InChI=1S/C32H37ClFN3O7S/c1-21(32(39)35-24-10-6-7-11-24)36(19-22-9-5-8-12-26(22)34)31(38)20-37(27-17-23(33)13-15-28(27)42-2)45(40,41)25-14-16-29(43-3)30(18-25)44-4/h5,8-9,12-18,21,24H,6-7,10-11,19-20H2,1-4H3,(H,35,39). The van der Waals surface area contributed by atoms with E-state index in [-0.39, 0.29) is 45.3 Å². The van der Waals surface area contributed by atoms with Crippen molar-refractivity contribution in [3.63, 3.8) is 0 Å². The highest BCUT2D eigenvalue weighted by Crippen LogP contribution is 2.37. The number of carbonyl (C=O) groups is 2. The van der Waals surface area contributed by atoms with Crippen LogP contribution in [-0.4, -0.2) is 65.1 Å². The van der Waals surface area contributed by atoms with E-state index in [0.717, 1.165) is 30.0 Å². The van der Waals surface area contributed by atoms with E-state index < -0.39 is 40.2 Å². The van der Waals surface area contributed by atoms with Crippen LogP contribution in [0, 0.1) is 5.82 Å². The fourth-order valence-electron chi connectivity index (χ4n) is 5.26. The molecule has 0 spiro atoms. The number of nitrogens with zero attached hydrogens (tertiary/aromatic N) is 2. The Hall–Kier alpha value is -4.03. The number of amides is 2. The lowest BCUT2D eigenvalue weighted by Crippen LogP contribution is -2.52. The van der Waals surface area contributed by atoms with Gasteiger partial charge in [0.1, 0.15) is 24.2 Å². The van der Waals surface area contributed by atoms with Crippen molar-refractivity contribution in [3.8, 4) is 17.2 Å². The van der Waals surface area contributed by atoms with E-state index in [1.165, 1.54) is 87.8 Å². The van der Waals surface area contributed by atoms with Crippen LogP contribution in [0.25, 0.3) is 0 Å². The first kappa shape index (κ1) is 33.9. The highest BCUT2D eigenvalue weighted by atomic mass is 35.5. The Balaban J connectivity index is 1.78. The number of rotatable bonds is 13. The molecule has 1 aliphatic carbocycles. The van der Waals surface area contributed by atoms with E-state index in [1.807, 2.05) is 0 Å². The molecule has 1 atom stereocenters. The van der Waals surface area contributed by atoms with Crippen molar-refractivity contribution in [2.75, 3.05) is 32.2 Å². The van der Waals surface area contributed by atoms with Gasteiger partial charge >= 0.3 is 0 Å². The van der Waals surface area contributed by atoms with E-state index in [9.17, 15) is 22.4 Å². The molecule has 0 heterocycles. The third kappa shape index (κ3) is 7.80. The minimum atomic E-state index is -4.50. The molecule has 45 heavy (non-hydrogen) atoms. The van der Waals surface area contributed by atoms with E-state index >= 15 is 0 Å². The van der Waals surface area contributed by atoms with Gasteiger partial charge in [-0.25, -0.2) is 12.8 Å². The minimum absolute atomic E-state index is 0.0120. The van der Waals surface area contributed by atoms with Crippen LogP contribution in [0.3, 0.4) is 0 Å². The second kappa shape index (κ2) is 14.8. The Kier molecular flexibility index (Phi) is 11.2. The van der Waals surface area contributed by atoms with Crippen molar-refractivity contribution >= 4 is 39.1 Å². The molecule has 0 aliphatic heterocycles. The maximum absolute atomic E-state index is 14.8. The van der Waals surface area contributed by atoms with Gasteiger partial charge in [-0.15, -0.1) is 0 Å². The van der Waals surface area contributed by atoms with Gasteiger partial charge in [0.15, 0.2) is 11.5 Å². The van der Waals surface area contributed by atoms with Crippen LogP contribution in [-0.2, 0) is 26.2 Å². The number of halogens is 2. The number of anilines is 1. The molecule has 1 aliphatic rings. The molecule has 10 nitrogen and oxygen atoms in total. The number of nitrogens with one attached hydrogen (secondary N) is 1. The van der Waals surface area contributed by atoms with Crippen LogP contribution in [0.1, 0.15) is 38.2 Å². The molecule has 1 saturated carbocycles. The summed E-state index contributed by atoms with van der Waals surface area (Å²) in [5.74, 6) is -1.15. The second-order valence-corrected chi connectivity index (χ2v) is 12.9. The maximum Gasteiger partial charge on any atom is 0.265 e. The lowest BCUT2D eigenvalue weighted by Gasteiger charge is -2.33. The largest absolute Gasteiger partial charge is 0.495 e. The average molecular weight is 662 g/mol.